The van der Waals surface area contributed by atoms with Crippen molar-refractivity contribution in [2.24, 2.45) is 5.73 Å². The Hall–Kier alpha value is -5.50. The molecule has 0 atom stereocenters. The first-order valence-corrected chi connectivity index (χ1v) is 12.8. The summed E-state index contributed by atoms with van der Waals surface area (Å²) in [7, 11) is 0. The van der Waals surface area contributed by atoms with Crippen LogP contribution in [0.4, 0.5) is 5.82 Å². The second kappa shape index (κ2) is 11.5. The van der Waals surface area contributed by atoms with Crippen molar-refractivity contribution in [2.45, 2.75) is 13.3 Å². The maximum Gasteiger partial charge on any atom is 0.263 e. The number of amides is 1. The molecule has 198 valence electrons. The number of fused-ring (bicyclic) bond motifs is 2. The van der Waals surface area contributed by atoms with Crippen LogP contribution >= 0.6 is 0 Å². The van der Waals surface area contributed by atoms with Crippen molar-refractivity contribution < 1.29 is 4.79 Å². The number of aryl methyl sites for hydroxylation is 1. The van der Waals surface area contributed by atoms with Gasteiger partial charge in [-0.25, -0.2) is 9.50 Å². The number of benzene rings is 3. The molecule has 0 saturated carbocycles. The molecule has 6 rings (SSSR count). The van der Waals surface area contributed by atoms with Crippen LogP contribution in [0.1, 0.15) is 34.1 Å². The van der Waals surface area contributed by atoms with Gasteiger partial charge in [0.25, 0.3) is 11.5 Å². The van der Waals surface area contributed by atoms with E-state index < -0.39 is 5.91 Å². The van der Waals surface area contributed by atoms with Crippen molar-refractivity contribution >= 4 is 40.3 Å². The zero-order valence-electron chi connectivity index (χ0n) is 21.9. The number of carbonyl (C=O) groups is 1. The molecule has 8 nitrogen and oxygen atoms in total. The molecular formula is C32H28N6O2. The zero-order valence-corrected chi connectivity index (χ0v) is 21.9. The third-order valence-corrected chi connectivity index (χ3v) is 6.46. The lowest BCUT2D eigenvalue weighted by atomic mass is 10.0. The Labute approximate surface area is 230 Å². The molecule has 0 saturated heterocycles. The van der Waals surface area contributed by atoms with Gasteiger partial charge < -0.3 is 11.5 Å². The van der Waals surface area contributed by atoms with Gasteiger partial charge in [-0.05, 0) is 47.2 Å². The van der Waals surface area contributed by atoms with Gasteiger partial charge in [-0.2, -0.15) is 0 Å². The van der Waals surface area contributed by atoms with Crippen LogP contribution in [0.2, 0.25) is 0 Å². The van der Waals surface area contributed by atoms with E-state index in [4.69, 9.17) is 11.5 Å². The topological polar surface area (TPSA) is 121 Å². The number of pyridine rings is 1. The standard InChI is InChI=1S/C25H21NO.C7H7N5O/c1-2-22-18-21-13-9-12-20(17-16-19-10-5-3-6-11-19)24(21)25(27)26(22)23-14-7-4-8-15-23;8-5-4(6(9)13)7-10-2-1-3-12(7)11-5/h3-18H,2H2,1H3;1-3H,(H2,8,11)(H2,9,13)/b17-16+;. The maximum atomic E-state index is 13.5. The van der Waals surface area contributed by atoms with Gasteiger partial charge in [0.05, 0.1) is 5.39 Å². The molecule has 1 amide bonds. The fourth-order valence-electron chi connectivity index (χ4n) is 4.59. The highest BCUT2D eigenvalue weighted by molar-refractivity contribution is 6.03. The van der Waals surface area contributed by atoms with Gasteiger partial charge in [0.15, 0.2) is 11.5 Å². The van der Waals surface area contributed by atoms with Crippen LogP contribution in [0.15, 0.2) is 108 Å². The number of nitrogens with two attached hydrogens (primary N) is 2. The minimum Gasteiger partial charge on any atom is -0.381 e. The van der Waals surface area contributed by atoms with E-state index in [9.17, 15) is 9.59 Å². The Morgan fingerprint density at radius 1 is 0.925 bits per heavy atom. The van der Waals surface area contributed by atoms with Gasteiger partial charge in [-0.3, -0.25) is 14.2 Å². The molecule has 0 aliphatic rings. The second-order valence-corrected chi connectivity index (χ2v) is 9.03. The Kier molecular flexibility index (Phi) is 7.50. The smallest absolute Gasteiger partial charge is 0.263 e. The van der Waals surface area contributed by atoms with Crippen molar-refractivity contribution in [3.05, 3.63) is 136 Å². The summed E-state index contributed by atoms with van der Waals surface area (Å²) in [5, 5.41) is 5.61. The molecule has 3 heterocycles. The van der Waals surface area contributed by atoms with E-state index in [0.29, 0.717) is 5.65 Å². The number of primary amides is 1. The summed E-state index contributed by atoms with van der Waals surface area (Å²) >= 11 is 0. The van der Waals surface area contributed by atoms with Crippen LogP contribution in [0, 0.1) is 0 Å². The summed E-state index contributed by atoms with van der Waals surface area (Å²) in [4.78, 5) is 28.4. The average Bonchev–Trinajstić information content (AvgIpc) is 3.33. The number of nitrogens with zero attached hydrogens (tertiary/aromatic N) is 4. The van der Waals surface area contributed by atoms with Crippen molar-refractivity contribution in [1.29, 1.82) is 0 Å². The minimum absolute atomic E-state index is 0.0314. The molecule has 0 unspecified atom stereocenters. The molecule has 0 aliphatic carbocycles. The Balaban J connectivity index is 0.000000207. The van der Waals surface area contributed by atoms with E-state index in [0.717, 1.165) is 39.7 Å². The number of anilines is 1. The van der Waals surface area contributed by atoms with Crippen LogP contribution in [-0.4, -0.2) is 25.1 Å². The SMILES string of the molecule is CCc1cc2cccc(/C=C/c3ccccc3)c2c(=O)n1-c1ccccc1.NC(=O)c1c(N)nn2cccnc12. The van der Waals surface area contributed by atoms with Crippen LogP contribution < -0.4 is 17.0 Å². The lowest BCUT2D eigenvalue weighted by Gasteiger charge is -2.14. The van der Waals surface area contributed by atoms with Crippen LogP contribution in [0.3, 0.4) is 0 Å². The lowest BCUT2D eigenvalue weighted by Crippen LogP contribution is -2.22. The highest BCUT2D eigenvalue weighted by Crippen LogP contribution is 2.21. The number of carbonyl (C=O) groups excluding carboxylic acids is 1. The third-order valence-electron chi connectivity index (χ3n) is 6.46. The number of aromatic nitrogens is 4. The largest absolute Gasteiger partial charge is 0.381 e. The Bertz CT molecular complexity index is 1890. The van der Waals surface area contributed by atoms with E-state index >= 15 is 0 Å². The summed E-state index contributed by atoms with van der Waals surface area (Å²) in [6.07, 6.45) is 8.06. The molecule has 4 N–H and O–H groups in total. The third kappa shape index (κ3) is 5.23. The van der Waals surface area contributed by atoms with Gasteiger partial charge in [0, 0.05) is 23.8 Å². The number of para-hydroxylation sites is 1. The molecule has 0 bridgehead atoms. The monoisotopic (exact) mass is 528 g/mol. The summed E-state index contributed by atoms with van der Waals surface area (Å²) in [6, 6.07) is 29.8. The second-order valence-electron chi connectivity index (χ2n) is 9.03. The van der Waals surface area contributed by atoms with Gasteiger partial charge in [-0.1, -0.05) is 85.8 Å². The van der Waals surface area contributed by atoms with Gasteiger partial charge in [-0.15, -0.1) is 5.10 Å². The Morgan fingerprint density at radius 3 is 2.35 bits per heavy atom. The van der Waals surface area contributed by atoms with Gasteiger partial charge in [0.1, 0.15) is 5.56 Å². The lowest BCUT2D eigenvalue weighted by molar-refractivity contribution is 0.100. The van der Waals surface area contributed by atoms with E-state index in [1.54, 1.807) is 18.5 Å². The predicted octanol–water partition coefficient (Wildman–Crippen LogP) is 5.13. The van der Waals surface area contributed by atoms with Gasteiger partial charge in [0.2, 0.25) is 0 Å². The fraction of sp³-hybridized carbons (Fsp3) is 0.0625. The van der Waals surface area contributed by atoms with E-state index in [1.807, 2.05) is 77.4 Å². The molecule has 8 heteroatoms. The molecule has 6 aromatic rings. The first kappa shape index (κ1) is 26.1. The average molecular weight is 529 g/mol. The normalized spacial score (nSPS) is 11.0. The number of hydrogen-bond acceptors (Lipinski definition) is 5. The predicted molar refractivity (Wildman–Crippen MR) is 160 cm³/mol. The molecular weight excluding hydrogens is 500 g/mol. The number of nitrogen functional groups attached to an aromatic ring is 1. The first-order chi connectivity index (χ1) is 19.5. The summed E-state index contributed by atoms with van der Waals surface area (Å²) in [5.74, 6) is -0.516. The highest BCUT2D eigenvalue weighted by atomic mass is 16.1. The molecule has 0 aliphatic heterocycles. The molecule has 0 fully saturated rings. The molecule has 3 aromatic heterocycles. The molecule has 0 radical (unpaired) electrons. The molecule has 3 aromatic carbocycles. The summed E-state index contributed by atoms with van der Waals surface area (Å²) in [5.41, 5.74) is 15.1. The van der Waals surface area contributed by atoms with Crippen LogP contribution in [0.25, 0.3) is 34.3 Å². The van der Waals surface area contributed by atoms with Crippen molar-refractivity contribution in [2.75, 3.05) is 5.73 Å². The summed E-state index contributed by atoms with van der Waals surface area (Å²) in [6.45, 7) is 2.08. The quantitative estimate of drug-likeness (QED) is 0.300. The highest BCUT2D eigenvalue weighted by Gasteiger charge is 2.15. The maximum absolute atomic E-state index is 13.5. The Morgan fingerprint density at radius 2 is 1.65 bits per heavy atom. The number of hydrogen-bond donors (Lipinski definition) is 2. The van der Waals surface area contributed by atoms with Crippen LogP contribution in [-0.2, 0) is 6.42 Å². The minimum atomic E-state index is -0.619. The summed E-state index contributed by atoms with van der Waals surface area (Å²) < 4.78 is 3.25. The van der Waals surface area contributed by atoms with E-state index in [2.05, 4.69) is 41.3 Å². The van der Waals surface area contributed by atoms with Gasteiger partial charge >= 0.3 is 0 Å². The molecule has 0 spiro atoms. The van der Waals surface area contributed by atoms with Crippen LogP contribution in [0.5, 0.6) is 0 Å². The molecule has 40 heavy (non-hydrogen) atoms. The van der Waals surface area contributed by atoms with E-state index in [-0.39, 0.29) is 16.9 Å². The first-order valence-electron chi connectivity index (χ1n) is 12.8. The zero-order chi connectivity index (χ0) is 28.1. The van der Waals surface area contributed by atoms with Crippen molar-refractivity contribution in [3.63, 3.8) is 0 Å². The number of rotatable bonds is 5. The van der Waals surface area contributed by atoms with E-state index in [1.165, 1.54) is 4.52 Å². The van der Waals surface area contributed by atoms with Crippen molar-refractivity contribution in [1.82, 2.24) is 19.2 Å². The van der Waals surface area contributed by atoms with Crippen molar-refractivity contribution in [3.8, 4) is 5.69 Å². The fourth-order valence-corrected chi connectivity index (χ4v) is 4.59.